The molecule has 0 spiro atoms. The Morgan fingerprint density at radius 1 is 1.28 bits per heavy atom. The maximum Gasteiger partial charge on any atom is 0.256 e. The van der Waals surface area contributed by atoms with Crippen LogP contribution in [0.4, 0.5) is 4.39 Å². The third-order valence-corrected chi connectivity index (χ3v) is 2.40. The zero-order valence-corrected chi connectivity index (χ0v) is 9.67. The smallest absolute Gasteiger partial charge is 0.256 e. The van der Waals surface area contributed by atoms with Crippen LogP contribution >= 0.6 is 11.6 Å². The van der Waals surface area contributed by atoms with Crippen molar-refractivity contribution in [2.75, 3.05) is 0 Å². The molecule has 0 aliphatic rings. The Kier molecular flexibility index (Phi) is 2.56. The highest BCUT2D eigenvalue weighted by molar-refractivity contribution is 6.29. The van der Waals surface area contributed by atoms with Crippen molar-refractivity contribution < 1.29 is 9.13 Å². The second-order valence-corrected chi connectivity index (χ2v) is 3.84. The molecule has 0 fully saturated rings. The van der Waals surface area contributed by atoms with Gasteiger partial charge in [-0.15, -0.1) is 0 Å². The number of hydrogen-bond donors (Lipinski definition) is 0. The molecular formula is C11H6ClFN4O. The number of nitrogens with zero attached hydrogens (tertiary/aromatic N) is 4. The third-order valence-electron chi connectivity index (χ3n) is 2.21. The summed E-state index contributed by atoms with van der Waals surface area (Å²) >= 11 is 5.83. The molecule has 3 aromatic rings. The molecule has 7 heteroatoms. The highest BCUT2D eigenvalue weighted by Gasteiger charge is 2.08. The van der Waals surface area contributed by atoms with Gasteiger partial charge < -0.3 is 4.74 Å². The molecule has 0 atom stereocenters. The molecule has 2 aromatic heterocycles. The molecule has 0 amide bonds. The van der Waals surface area contributed by atoms with E-state index in [-0.39, 0.29) is 11.0 Å². The van der Waals surface area contributed by atoms with E-state index in [1.54, 1.807) is 12.1 Å². The number of benzene rings is 1. The largest absolute Gasteiger partial charge is 0.439 e. The number of ether oxygens (including phenoxy) is 1. The monoisotopic (exact) mass is 264 g/mol. The van der Waals surface area contributed by atoms with E-state index >= 15 is 0 Å². The summed E-state index contributed by atoms with van der Waals surface area (Å²) in [4.78, 5) is 7.86. The van der Waals surface area contributed by atoms with Gasteiger partial charge in [0.1, 0.15) is 23.0 Å². The van der Waals surface area contributed by atoms with Gasteiger partial charge in [0, 0.05) is 12.1 Å². The van der Waals surface area contributed by atoms with Crippen molar-refractivity contribution in [3.8, 4) is 11.6 Å². The number of fused-ring (bicyclic) bond motifs is 1. The molecule has 0 unspecified atom stereocenters. The fourth-order valence-corrected chi connectivity index (χ4v) is 1.65. The number of halogens is 2. The first kappa shape index (κ1) is 10.9. The summed E-state index contributed by atoms with van der Waals surface area (Å²) in [7, 11) is 0. The zero-order chi connectivity index (χ0) is 12.5. The van der Waals surface area contributed by atoms with Crippen LogP contribution in [-0.4, -0.2) is 19.6 Å². The Labute approximate surface area is 106 Å². The summed E-state index contributed by atoms with van der Waals surface area (Å²) in [5, 5.41) is 4.17. The predicted molar refractivity (Wildman–Crippen MR) is 62.3 cm³/mol. The molecule has 18 heavy (non-hydrogen) atoms. The molecule has 0 N–H and O–H groups in total. The standard InChI is InChI=1S/C11H6ClFN4O/c12-9-5-10(17-11(16-9)14-6-15-17)18-8-3-1-2-7(13)4-8/h1-6H. The maximum atomic E-state index is 13.0. The second kappa shape index (κ2) is 4.23. The molecule has 0 bridgehead atoms. The summed E-state index contributed by atoms with van der Waals surface area (Å²) in [5.41, 5.74) is 0. The van der Waals surface area contributed by atoms with Crippen LogP contribution in [0.25, 0.3) is 5.78 Å². The van der Waals surface area contributed by atoms with Crippen LogP contribution in [0, 0.1) is 5.82 Å². The van der Waals surface area contributed by atoms with Gasteiger partial charge in [-0.1, -0.05) is 17.7 Å². The van der Waals surface area contributed by atoms with Crippen molar-refractivity contribution in [3.05, 3.63) is 47.6 Å². The topological polar surface area (TPSA) is 52.3 Å². The van der Waals surface area contributed by atoms with Gasteiger partial charge in [0.2, 0.25) is 5.88 Å². The van der Waals surface area contributed by atoms with Gasteiger partial charge in [-0.25, -0.2) is 4.39 Å². The van der Waals surface area contributed by atoms with Crippen LogP contribution in [0.3, 0.4) is 0 Å². The van der Waals surface area contributed by atoms with E-state index < -0.39 is 0 Å². The van der Waals surface area contributed by atoms with Crippen LogP contribution < -0.4 is 4.74 Å². The van der Waals surface area contributed by atoms with Crippen LogP contribution in [0.5, 0.6) is 11.6 Å². The maximum absolute atomic E-state index is 13.0. The van der Waals surface area contributed by atoms with Gasteiger partial charge in [0.15, 0.2) is 0 Å². The Morgan fingerprint density at radius 2 is 2.17 bits per heavy atom. The summed E-state index contributed by atoms with van der Waals surface area (Å²) in [6.45, 7) is 0. The van der Waals surface area contributed by atoms with Gasteiger partial charge >= 0.3 is 0 Å². The van der Waals surface area contributed by atoms with E-state index in [1.165, 1.54) is 29.0 Å². The molecule has 5 nitrogen and oxygen atoms in total. The lowest BCUT2D eigenvalue weighted by Crippen LogP contribution is -1.98. The highest BCUT2D eigenvalue weighted by Crippen LogP contribution is 2.23. The molecule has 2 heterocycles. The molecule has 0 aliphatic heterocycles. The molecule has 0 aliphatic carbocycles. The lowest BCUT2D eigenvalue weighted by atomic mass is 10.3. The van der Waals surface area contributed by atoms with Crippen molar-refractivity contribution in [1.82, 2.24) is 19.6 Å². The SMILES string of the molecule is Fc1cccc(Oc2cc(Cl)nc3ncnn23)c1. The summed E-state index contributed by atoms with van der Waals surface area (Å²) in [6.07, 6.45) is 1.33. The number of rotatable bonds is 2. The molecule has 3 rings (SSSR count). The first-order valence-corrected chi connectivity index (χ1v) is 5.40. The highest BCUT2D eigenvalue weighted by atomic mass is 35.5. The fraction of sp³-hybridized carbons (Fsp3) is 0. The normalized spacial score (nSPS) is 10.8. The molecule has 0 saturated carbocycles. The van der Waals surface area contributed by atoms with Crippen molar-refractivity contribution in [2.24, 2.45) is 0 Å². The van der Waals surface area contributed by atoms with E-state index in [9.17, 15) is 4.39 Å². The fourth-order valence-electron chi connectivity index (χ4n) is 1.48. The first-order valence-electron chi connectivity index (χ1n) is 5.02. The van der Waals surface area contributed by atoms with Gasteiger partial charge in [-0.05, 0) is 12.1 Å². The van der Waals surface area contributed by atoms with Gasteiger partial charge in [-0.3, -0.25) is 0 Å². The average molecular weight is 265 g/mol. The molecule has 1 aromatic carbocycles. The van der Waals surface area contributed by atoms with Crippen LogP contribution in [0.2, 0.25) is 5.15 Å². The summed E-state index contributed by atoms with van der Waals surface area (Å²) in [6, 6.07) is 7.24. The van der Waals surface area contributed by atoms with Crippen LogP contribution in [0.15, 0.2) is 36.7 Å². The van der Waals surface area contributed by atoms with E-state index in [0.29, 0.717) is 17.4 Å². The van der Waals surface area contributed by atoms with Gasteiger partial charge in [0.05, 0.1) is 0 Å². The van der Waals surface area contributed by atoms with E-state index in [0.717, 1.165) is 0 Å². The Balaban J connectivity index is 2.06. The lowest BCUT2D eigenvalue weighted by molar-refractivity contribution is 0.442. The van der Waals surface area contributed by atoms with Crippen LogP contribution in [-0.2, 0) is 0 Å². The molecular weight excluding hydrogens is 259 g/mol. The van der Waals surface area contributed by atoms with Crippen molar-refractivity contribution in [1.29, 1.82) is 0 Å². The average Bonchev–Trinajstić information content (AvgIpc) is 2.77. The lowest BCUT2D eigenvalue weighted by Gasteiger charge is -2.06. The molecule has 90 valence electrons. The second-order valence-electron chi connectivity index (χ2n) is 3.45. The summed E-state index contributed by atoms with van der Waals surface area (Å²) in [5.74, 6) is 0.582. The number of aromatic nitrogens is 4. The van der Waals surface area contributed by atoms with E-state index in [1.807, 2.05) is 0 Å². The van der Waals surface area contributed by atoms with Crippen LogP contribution in [0.1, 0.15) is 0 Å². The number of hydrogen-bond acceptors (Lipinski definition) is 4. The molecule has 0 radical (unpaired) electrons. The Bertz CT molecular complexity index is 715. The van der Waals surface area contributed by atoms with Crippen molar-refractivity contribution >= 4 is 17.4 Å². The van der Waals surface area contributed by atoms with Gasteiger partial charge in [0.25, 0.3) is 5.78 Å². The van der Waals surface area contributed by atoms with E-state index in [4.69, 9.17) is 16.3 Å². The Hall–Kier alpha value is -2.21. The zero-order valence-electron chi connectivity index (χ0n) is 8.92. The minimum Gasteiger partial charge on any atom is -0.439 e. The van der Waals surface area contributed by atoms with Crippen molar-refractivity contribution in [3.63, 3.8) is 0 Å². The minimum absolute atomic E-state index is 0.224. The third kappa shape index (κ3) is 1.98. The van der Waals surface area contributed by atoms with Gasteiger partial charge in [-0.2, -0.15) is 19.6 Å². The first-order chi connectivity index (χ1) is 8.72. The quantitative estimate of drug-likeness (QED) is 0.668. The summed E-state index contributed by atoms with van der Waals surface area (Å²) < 4.78 is 19.9. The minimum atomic E-state index is -0.387. The predicted octanol–water partition coefficient (Wildman–Crippen LogP) is 2.71. The van der Waals surface area contributed by atoms with E-state index in [2.05, 4.69) is 15.1 Å². The Morgan fingerprint density at radius 3 is 3.00 bits per heavy atom. The molecule has 0 saturated heterocycles. The van der Waals surface area contributed by atoms with Crippen molar-refractivity contribution in [2.45, 2.75) is 0 Å².